The van der Waals surface area contributed by atoms with E-state index < -0.39 is 0 Å². The van der Waals surface area contributed by atoms with Gasteiger partial charge < -0.3 is 6.26 Å². The number of hydrogen-bond acceptors (Lipinski definition) is 3. The van der Waals surface area contributed by atoms with Gasteiger partial charge in [0.15, 0.2) is 0 Å². The minimum absolute atomic E-state index is 0. The Balaban J connectivity index is 0. The average Bonchev–Trinajstić information content (AvgIpc) is 2.18. The molecule has 5 heteroatoms. The van der Waals surface area contributed by atoms with Crippen LogP contribution >= 0.6 is 0 Å². The molecular weight excluding hydrogens is 145 g/mol. The van der Waals surface area contributed by atoms with Crippen LogP contribution in [0, 0.1) is 0 Å². The van der Waals surface area contributed by atoms with Gasteiger partial charge in [0.1, 0.15) is 0 Å². The van der Waals surface area contributed by atoms with Crippen LogP contribution in [0.1, 0.15) is 14.3 Å². The van der Waals surface area contributed by atoms with E-state index in [1.165, 1.54) is 0 Å². The molecule has 0 unspecified atom stereocenters. The molecule has 0 atom stereocenters. The van der Waals surface area contributed by atoms with E-state index in [1.807, 2.05) is 0 Å². The van der Waals surface area contributed by atoms with Crippen LogP contribution in [0.25, 0.3) is 0 Å². The fourth-order valence-electron chi connectivity index (χ4n) is 0.787. The smallest absolute Gasteiger partial charge is 1.00 e. The zero-order valence-electron chi connectivity index (χ0n) is 6.87. The molecule has 0 saturated carbocycles. The second-order valence-electron chi connectivity index (χ2n) is 1.80. The Labute approximate surface area is 82.2 Å². The van der Waals surface area contributed by atoms with Gasteiger partial charge in [0.2, 0.25) is 0 Å². The van der Waals surface area contributed by atoms with Gasteiger partial charge in [0.05, 0.1) is 6.54 Å². The van der Waals surface area contributed by atoms with Crippen LogP contribution in [-0.4, -0.2) is 24.0 Å². The maximum absolute atomic E-state index is 10.6. The van der Waals surface area contributed by atoms with Gasteiger partial charge in [-0.2, -0.15) is 5.06 Å². The summed E-state index contributed by atoms with van der Waals surface area (Å²) in [5.41, 5.74) is 0. The summed E-state index contributed by atoms with van der Waals surface area (Å²) in [6, 6.07) is 0. The summed E-state index contributed by atoms with van der Waals surface area (Å²) in [4.78, 5) is 24.6. The van der Waals surface area contributed by atoms with Crippen LogP contribution in [0.3, 0.4) is 0 Å². The Bertz CT molecular complexity index is 144. The second-order valence-corrected chi connectivity index (χ2v) is 1.80. The molecule has 0 bridgehead atoms. The largest absolute Gasteiger partial charge is 1.00 e. The predicted octanol–water partition coefficient (Wildman–Crippen LogP) is -3.19. The van der Waals surface area contributed by atoms with Crippen molar-refractivity contribution in [3.05, 3.63) is 0 Å². The SMILES string of the molecule is O=CON1CCCC1=O.[H-].[Na+]. The van der Waals surface area contributed by atoms with Crippen molar-refractivity contribution in [3.8, 4) is 0 Å². The molecule has 1 heterocycles. The number of amides is 1. The molecule has 0 aromatic rings. The molecule has 0 aromatic heterocycles. The molecule has 0 aromatic carbocycles. The minimum Gasteiger partial charge on any atom is -1.00 e. The maximum Gasteiger partial charge on any atom is 1.00 e. The van der Waals surface area contributed by atoms with Gasteiger partial charge in [0, 0.05) is 6.42 Å². The van der Waals surface area contributed by atoms with Crippen LogP contribution in [0.5, 0.6) is 0 Å². The molecule has 10 heavy (non-hydrogen) atoms. The van der Waals surface area contributed by atoms with Gasteiger partial charge in [-0.25, -0.2) is 0 Å². The fraction of sp³-hybridized carbons (Fsp3) is 0.600. The Morgan fingerprint density at radius 3 is 2.80 bits per heavy atom. The zero-order valence-corrected chi connectivity index (χ0v) is 7.87. The maximum atomic E-state index is 10.6. The van der Waals surface area contributed by atoms with Gasteiger partial charge in [-0.05, 0) is 6.42 Å². The number of carbonyl (C=O) groups excluding carboxylic acids is 2. The molecule has 0 spiro atoms. The van der Waals surface area contributed by atoms with Crippen molar-refractivity contribution >= 4 is 12.4 Å². The van der Waals surface area contributed by atoms with Crippen LogP contribution in [-0.2, 0) is 14.4 Å². The molecular formula is C5H8NNaO3. The summed E-state index contributed by atoms with van der Waals surface area (Å²) in [5.74, 6) is -0.109. The van der Waals surface area contributed by atoms with E-state index in [2.05, 4.69) is 4.84 Å². The van der Waals surface area contributed by atoms with E-state index in [9.17, 15) is 9.59 Å². The summed E-state index contributed by atoms with van der Waals surface area (Å²) in [6.45, 7) is 0.806. The van der Waals surface area contributed by atoms with Gasteiger partial charge in [-0.3, -0.25) is 9.59 Å². The summed E-state index contributed by atoms with van der Waals surface area (Å²) in [7, 11) is 0. The molecule has 1 fully saturated rings. The van der Waals surface area contributed by atoms with Crippen LogP contribution in [0.4, 0.5) is 0 Å². The zero-order chi connectivity index (χ0) is 6.69. The molecule has 1 aliphatic heterocycles. The minimum atomic E-state index is -0.109. The summed E-state index contributed by atoms with van der Waals surface area (Å²) >= 11 is 0. The third-order valence-corrected chi connectivity index (χ3v) is 1.20. The first-order chi connectivity index (χ1) is 4.34. The van der Waals surface area contributed by atoms with Crippen LogP contribution < -0.4 is 29.6 Å². The van der Waals surface area contributed by atoms with Gasteiger partial charge in [-0.15, -0.1) is 0 Å². The summed E-state index contributed by atoms with van der Waals surface area (Å²) in [5, 5.41) is 1.08. The van der Waals surface area contributed by atoms with Gasteiger partial charge in [-0.1, -0.05) is 0 Å². The normalized spacial score (nSPS) is 16.4. The molecule has 0 aliphatic carbocycles. The van der Waals surface area contributed by atoms with E-state index in [-0.39, 0.29) is 43.4 Å². The van der Waals surface area contributed by atoms with Crippen molar-refractivity contribution < 1.29 is 45.4 Å². The molecule has 0 radical (unpaired) electrons. The molecule has 52 valence electrons. The predicted molar refractivity (Wildman–Crippen MR) is 29.2 cm³/mol. The average molecular weight is 153 g/mol. The Hall–Kier alpha value is -0.0600. The molecule has 1 saturated heterocycles. The van der Waals surface area contributed by atoms with Crippen molar-refractivity contribution in [2.75, 3.05) is 6.54 Å². The van der Waals surface area contributed by atoms with Crippen molar-refractivity contribution in [2.45, 2.75) is 12.8 Å². The molecule has 1 aliphatic rings. The van der Waals surface area contributed by atoms with E-state index in [1.54, 1.807) is 0 Å². The van der Waals surface area contributed by atoms with E-state index in [4.69, 9.17) is 0 Å². The standard InChI is InChI=1S/C5H7NO3.Na.H/c7-4-9-6-3-1-2-5(6)8;;/h4H,1-3H2;;/q;+1;-1. The van der Waals surface area contributed by atoms with Gasteiger partial charge >= 0.3 is 36.0 Å². The van der Waals surface area contributed by atoms with Crippen molar-refractivity contribution in [1.29, 1.82) is 0 Å². The first-order valence-corrected chi connectivity index (χ1v) is 2.75. The van der Waals surface area contributed by atoms with E-state index in [0.29, 0.717) is 13.0 Å². The van der Waals surface area contributed by atoms with Crippen LogP contribution in [0.2, 0.25) is 0 Å². The van der Waals surface area contributed by atoms with Crippen LogP contribution in [0.15, 0.2) is 0 Å². The first-order valence-electron chi connectivity index (χ1n) is 2.75. The first kappa shape index (κ1) is 9.94. The second kappa shape index (κ2) is 4.71. The third-order valence-electron chi connectivity index (χ3n) is 1.20. The number of rotatable bonds is 2. The number of hydrogen-bond donors (Lipinski definition) is 0. The van der Waals surface area contributed by atoms with E-state index in [0.717, 1.165) is 11.5 Å². The summed E-state index contributed by atoms with van der Waals surface area (Å²) < 4.78 is 0. The Morgan fingerprint density at radius 2 is 2.40 bits per heavy atom. The molecule has 0 N–H and O–H groups in total. The quantitative estimate of drug-likeness (QED) is 0.310. The molecule has 4 nitrogen and oxygen atoms in total. The third kappa shape index (κ3) is 2.28. The topological polar surface area (TPSA) is 46.6 Å². The molecule has 1 amide bonds. The van der Waals surface area contributed by atoms with E-state index >= 15 is 0 Å². The van der Waals surface area contributed by atoms with Gasteiger partial charge in [0.25, 0.3) is 5.91 Å². The molecule has 1 rings (SSSR count). The number of carbonyl (C=O) groups is 2. The Morgan fingerprint density at radius 1 is 1.70 bits per heavy atom. The Kier molecular flexibility index (Phi) is 4.68. The van der Waals surface area contributed by atoms with Crippen molar-refractivity contribution in [2.24, 2.45) is 0 Å². The fourth-order valence-corrected chi connectivity index (χ4v) is 0.787. The summed E-state index contributed by atoms with van der Waals surface area (Å²) in [6.07, 6.45) is 1.28. The van der Waals surface area contributed by atoms with Crippen molar-refractivity contribution in [3.63, 3.8) is 0 Å². The monoisotopic (exact) mass is 153 g/mol. The number of hydroxylamine groups is 2. The number of nitrogens with zero attached hydrogens (tertiary/aromatic N) is 1. The van der Waals surface area contributed by atoms with Crippen molar-refractivity contribution in [1.82, 2.24) is 5.06 Å².